The van der Waals surface area contributed by atoms with Gasteiger partial charge in [0.25, 0.3) is 10.0 Å². The highest BCUT2D eigenvalue weighted by Crippen LogP contribution is 2.32. The zero-order chi connectivity index (χ0) is 17.2. The molecular formula is C14H10Br2FNO4S. The number of ether oxygens (including phenoxy) is 1. The van der Waals surface area contributed by atoms with Crippen molar-refractivity contribution < 1.29 is 22.3 Å². The van der Waals surface area contributed by atoms with Gasteiger partial charge in [-0.15, -0.1) is 0 Å². The van der Waals surface area contributed by atoms with Crippen molar-refractivity contribution in [1.82, 2.24) is 0 Å². The highest BCUT2D eigenvalue weighted by molar-refractivity contribution is 9.11. The molecule has 2 aromatic rings. The summed E-state index contributed by atoms with van der Waals surface area (Å²) in [6.07, 6.45) is 0. The van der Waals surface area contributed by atoms with E-state index in [-0.39, 0.29) is 25.1 Å². The summed E-state index contributed by atoms with van der Waals surface area (Å²) in [5, 5.41) is 0. The fourth-order valence-corrected chi connectivity index (χ4v) is 5.40. The fourth-order valence-electron chi connectivity index (χ4n) is 1.82. The fraction of sp³-hybridized carbons (Fsp3) is 0.0714. The van der Waals surface area contributed by atoms with Crippen LogP contribution in [-0.4, -0.2) is 21.5 Å². The molecule has 0 aliphatic rings. The lowest BCUT2D eigenvalue weighted by molar-refractivity contribution is 0.0601. The summed E-state index contributed by atoms with van der Waals surface area (Å²) in [4.78, 5) is 11.3. The van der Waals surface area contributed by atoms with Crippen molar-refractivity contribution >= 4 is 53.5 Å². The third-order valence-corrected chi connectivity index (χ3v) is 6.03. The second-order valence-corrected chi connectivity index (χ2v) is 7.70. The average Bonchev–Trinajstić information content (AvgIpc) is 2.44. The predicted octanol–water partition coefficient (Wildman–Crippen LogP) is 3.94. The van der Waals surface area contributed by atoms with Gasteiger partial charge >= 0.3 is 5.97 Å². The van der Waals surface area contributed by atoms with E-state index in [0.29, 0.717) is 0 Å². The van der Waals surface area contributed by atoms with Crippen LogP contribution in [0.2, 0.25) is 0 Å². The molecule has 122 valence electrons. The molecular weight excluding hydrogens is 457 g/mol. The van der Waals surface area contributed by atoms with Crippen LogP contribution in [0.25, 0.3) is 0 Å². The molecule has 0 aromatic heterocycles. The minimum atomic E-state index is -4.00. The first kappa shape index (κ1) is 17.9. The Morgan fingerprint density at radius 3 is 2.35 bits per heavy atom. The number of methoxy groups -OCH3 is 1. The number of esters is 1. The first-order chi connectivity index (χ1) is 10.7. The van der Waals surface area contributed by atoms with Crippen LogP contribution in [0.5, 0.6) is 0 Å². The summed E-state index contributed by atoms with van der Waals surface area (Å²) in [5.74, 6) is -1.18. The third-order valence-electron chi connectivity index (χ3n) is 2.77. The first-order valence-electron chi connectivity index (χ1n) is 6.10. The largest absolute Gasteiger partial charge is 0.465 e. The van der Waals surface area contributed by atoms with Crippen LogP contribution in [0.15, 0.2) is 50.2 Å². The Labute approximate surface area is 149 Å². The lowest BCUT2D eigenvalue weighted by Gasteiger charge is -2.12. The molecule has 0 aliphatic heterocycles. The molecule has 23 heavy (non-hydrogen) atoms. The molecule has 0 amide bonds. The van der Waals surface area contributed by atoms with Crippen molar-refractivity contribution in [3.63, 3.8) is 0 Å². The molecule has 0 spiro atoms. The second-order valence-electron chi connectivity index (χ2n) is 4.38. The van der Waals surface area contributed by atoms with Crippen LogP contribution in [0.1, 0.15) is 10.4 Å². The average molecular weight is 467 g/mol. The van der Waals surface area contributed by atoms with Gasteiger partial charge in [-0.3, -0.25) is 4.72 Å². The Morgan fingerprint density at radius 1 is 1.17 bits per heavy atom. The van der Waals surface area contributed by atoms with Crippen molar-refractivity contribution in [2.75, 3.05) is 11.8 Å². The van der Waals surface area contributed by atoms with E-state index >= 15 is 0 Å². The summed E-state index contributed by atoms with van der Waals surface area (Å²) < 4.78 is 45.3. The molecule has 0 heterocycles. The maximum atomic E-state index is 13.3. The van der Waals surface area contributed by atoms with E-state index in [0.717, 1.165) is 12.1 Å². The maximum absolute atomic E-state index is 13.3. The number of hydrogen-bond donors (Lipinski definition) is 1. The Morgan fingerprint density at radius 2 is 1.78 bits per heavy atom. The van der Waals surface area contributed by atoms with Gasteiger partial charge in [-0.25, -0.2) is 17.6 Å². The number of carbonyl (C=O) groups excluding carboxylic acids is 1. The van der Waals surface area contributed by atoms with Crippen LogP contribution >= 0.6 is 31.9 Å². The zero-order valence-electron chi connectivity index (χ0n) is 11.6. The highest BCUT2D eigenvalue weighted by Gasteiger charge is 2.22. The molecule has 0 unspecified atom stereocenters. The first-order valence-corrected chi connectivity index (χ1v) is 9.17. The number of rotatable bonds is 4. The molecule has 0 fully saturated rings. The Balaban J connectivity index is 2.42. The van der Waals surface area contributed by atoms with Crippen LogP contribution in [0.3, 0.4) is 0 Å². The standard InChI is InChI=1S/C14H10Br2FNO4S/c1-22-14(19)8-3-2-4-10(5-8)18-23(20,21)13-11(15)6-9(17)7-12(13)16/h2-7,18H,1H3. The van der Waals surface area contributed by atoms with Gasteiger partial charge in [-0.05, 0) is 62.2 Å². The summed E-state index contributed by atoms with van der Waals surface area (Å²) >= 11 is 6.07. The number of benzene rings is 2. The minimum Gasteiger partial charge on any atom is -0.465 e. The molecule has 5 nitrogen and oxygen atoms in total. The monoisotopic (exact) mass is 465 g/mol. The SMILES string of the molecule is COC(=O)c1cccc(NS(=O)(=O)c2c(Br)cc(F)cc2Br)c1. The van der Waals surface area contributed by atoms with Gasteiger partial charge in [0.2, 0.25) is 0 Å². The topological polar surface area (TPSA) is 72.5 Å². The molecule has 0 saturated carbocycles. The van der Waals surface area contributed by atoms with Crippen LogP contribution < -0.4 is 4.72 Å². The van der Waals surface area contributed by atoms with Gasteiger partial charge in [0.15, 0.2) is 0 Å². The van der Waals surface area contributed by atoms with Crippen LogP contribution in [0, 0.1) is 5.82 Å². The number of nitrogens with one attached hydrogen (secondary N) is 1. The summed E-state index contributed by atoms with van der Waals surface area (Å²) in [5.41, 5.74) is 0.376. The van der Waals surface area contributed by atoms with Gasteiger partial charge in [0.1, 0.15) is 10.7 Å². The Hall–Kier alpha value is -1.45. The van der Waals surface area contributed by atoms with E-state index in [1.54, 1.807) is 0 Å². The predicted molar refractivity (Wildman–Crippen MR) is 90.4 cm³/mol. The van der Waals surface area contributed by atoms with Gasteiger partial charge < -0.3 is 4.74 Å². The molecule has 2 rings (SSSR count). The number of halogens is 3. The zero-order valence-corrected chi connectivity index (χ0v) is 15.6. The second kappa shape index (κ2) is 6.98. The van der Waals surface area contributed by atoms with Crippen LogP contribution in [-0.2, 0) is 14.8 Å². The van der Waals surface area contributed by atoms with E-state index in [1.165, 1.54) is 31.4 Å². The highest BCUT2D eigenvalue weighted by atomic mass is 79.9. The molecule has 0 aliphatic carbocycles. The van der Waals surface area contributed by atoms with E-state index < -0.39 is 21.8 Å². The summed E-state index contributed by atoms with van der Waals surface area (Å²) in [7, 11) is -2.78. The number of carbonyl (C=O) groups is 1. The van der Waals surface area contributed by atoms with Gasteiger partial charge in [-0.1, -0.05) is 6.07 Å². The van der Waals surface area contributed by atoms with Gasteiger partial charge in [0.05, 0.1) is 12.7 Å². The third kappa shape index (κ3) is 4.10. The number of anilines is 1. The quantitative estimate of drug-likeness (QED) is 0.692. The lowest BCUT2D eigenvalue weighted by atomic mass is 10.2. The summed E-state index contributed by atoms with van der Waals surface area (Å²) in [6, 6.07) is 7.92. The van der Waals surface area contributed by atoms with E-state index in [4.69, 9.17) is 0 Å². The molecule has 0 bridgehead atoms. The number of hydrogen-bond acceptors (Lipinski definition) is 4. The van der Waals surface area contributed by atoms with Crippen molar-refractivity contribution in [2.24, 2.45) is 0 Å². The minimum absolute atomic E-state index is 0.0704. The normalized spacial score (nSPS) is 11.1. The van der Waals surface area contributed by atoms with Gasteiger partial charge in [0, 0.05) is 14.6 Å². The Bertz CT molecular complexity index is 848. The van der Waals surface area contributed by atoms with E-state index in [1.807, 2.05) is 0 Å². The molecule has 0 atom stereocenters. The van der Waals surface area contributed by atoms with E-state index in [2.05, 4.69) is 41.3 Å². The van der Waals surface area contributed by atoms with E-state index in [9.17, 15) is 17.6 Å². The van der Waals surface area contributed by atoms with Crippen LogP contribution in [0.4, 0.5) is 10.1 Å². The molecule has 2 aromatic carbocycles. The van der Waals surface area contributed by atoms with Crippen molar-refractivity contribution in [3.8, 4) is 0 Å². The summed E-state index contributed by atoms with van der Waals surface area (Å²) in [6.45, 7) is 0. The molecule has 0 saturated heterocycles. The van der Waals surface area contributed by atoms with Gasteiger partial charge in [-0.2, -0.15) is 0 Å². The smallest absolute Gasteiger partial charge is 0.337 e. The molecule has 1 N–H and O–H groups in total. The van der Waals surface area contributed by atoms with Crippen molar-refractivity contribution in [1.29, 1.82) is 0 Å². The number of sulfonamides is 1. The van der Waals surface area contributed by atoms with Crippen molar-refractivity contribution in [2.45, 2.75) is 4.90 Å². The molecule has 0 radical (unpaired) electrons. The maximum Gasteiger partial charge on any atom is 0.337 e. The lowest BCUT2D eigenvalue weighted by Crippen LogP contribution is -2.15. The Kier molecular flexibility index (Phi) is 5.43. The van der Waals surface area contributed by atoms with Crippen molar-refractivity contribution in [3.05, 3.63) is 56.7 Å². The molecule has 9 heteroatoms.